The number of carbonyl (C=O) groups is 1. The number of aryl methyl sites for hydroxylation is 1. The number of rotatable bonds is 7. The van der Waals surface area contributed by atoms with Crippen LogP contribution < -0.4 is 4.74 Å². The lowest BCUT2D eigenvalue weighted by molar-refractivity contribution is 0.0994. The zero-order valence-corrected chi connectivity index (χ0v) is 18.9. The highest BCUT2D eigenvalue weighted by Crippen LogP contribution is 2.39. The van der Waals surface area contributed by atoms with Crippen molar-refractivity contribution >= 4 is 5.78 Å². The minimum absolute atomic E-state index is 0.224. The molecular formula is C28H26N2O3. The molecule has 1 aliphatic carbocycles. The Kier molecular flexibility index (Phi) is 5.80. The molecule has 2 aromatic carbocycles. The van der Waals surface area contributed by atoms with Crippen molar-refractivity contribution in [2.45, 2.75) is 12.8 Å². The number of Topliss-reactive ketones (excluding diaryl/α,β-unsaturated/α-hetero) is 1. The molecule has 0 unspecified atom stereocenters. The van der Waals surface area contributed by atoms with Gasteiger partial charge in [-0.15, -0.1) is 0 Å². The van der Waals surface area contributed by atoms with Crippen LogP contribution in [0.25, 0.3) is 33.9 Å². The van der Waals surface area contributed by atoms with Gasteiger partial charge in [0.2, 0.25) is 0 Å². The SMILES string of the molecule is CN(C)CCOc1ccc(-c2cc(-c3ccc4c(c3)CCC4=O)c(-c3ccccn3)o2)cc1. The molecule has 2 heterocycles. The van der Waals surface area contributed by atoms with Crippen molar-refractivity contribution in [3.05, 3.63) is 84.1 Å². The summed E-state index contributed by atoms with van der Waals surface area (Å²) in [4.78, 5) is 18.7. The van der Waals surface area contributed by atoms with Gasteiger partial charge in [-0.05, 0) is 74.1 Å². The number of aromatic nitrogens is 1. The van der Waals surface area contributed by atoms with E-state index < -0.39 is 0 Å². The average molecular weight is 439 g/mol. The fourth-order valence-corrected chi connectivity index (χ4v) is 4.12. The first-order valence-electron chi connectivity index (χ1n) is 11.2. The van der Waals surface area contributed by atoms with Crippen molar-refractivity contribution in [3.63, 3.8) is 0 Å². The standard InChI is InChI=1S/C28H26N2O3/c1-30(2)15-16-32-22-10-6-19(7-11-22)27-18-24(28(33-27)25-5-3-4-14-29-25)21-8-12-23-20(17-21)9-13-26(23)31/h3-8,10-12,14,17-18H,9,13,15-16H2,1-2H3. The molecule has 5 nitrogen and oxygen atoms in total. The predicted molar refractivity (Wildman–Crippen MR) is 130 cm³/mol. The van der Waals surface area contributed by atoms with Gasteiger partial charge in [0.15, 0.2) is 11.5 Å². The maximum atomic E-state index is 12.1. The predicted octanol–water partition coefficient (Wildman–Crippen LogP) is 5.74. The summed E-state index contributed by atoms with van der Waals surface area (Å²) < 4.78 is 12.2. The maximum Gasteiger partial charge on any atom is 0.163 e. The molecule has 0 spiro atoms. The van der Waals surface area contributed by atoms with E-state index in [1.54, 1.807) is 6.20 Å². The molecule has 2 aromatic heterocycles. The summed E-state index contributed by atoms with van der Waals surface area (Å²) in [5, 5.41) is 0. The Bertz CT molecular complexity index is 1270. The summed E-state index contributed by atoms with van der Waals surface area (Å²) >= 11 is 0. The van der Waals surface area contributed by atoms with E-state index in [0.717, 1.165) is 63.7 Å². The van der Waals surface area contributed by atoms with Gasteiger partial charge in [0.1, 0.15) is 23.8 Å². The molecule has 0 N–H and O–H groups in total. The number of pyridine rings is 1. The van der Waals surface area contributed by atoms with E-state index in [4.69, 9.17) is 9.15 Å². The highest BCUT2D eigenvalue weighted by Gasteiger charge is 2.22. The van der Waals surface area contributed by atoms with Crippen LogP contribution in [0, 0.1) is 0 Å². The van der Waals surface area contributed by atoms with Crippen LogP contribution >= 0.6 is 0 Å². The summed E-state index contributed by atoms with van der Waals surface area (Å²) in [7, 11) is 4.05. The monoisotopic (exact) mass is 438 g/mol. The molecule has 0 saturated heterocycles. The Balaban J connectivity index is 1.50. The Hall–Kier alpha value is -3.70. The molecule has 5 heteroatoms. The van der Waals surface area contributed by atoms with E-state index in [0.29, 0.717) is 13.0 Å². The zero-order valence-electron chi connectivity index (χ0n) is 18.9. The van der Waals surface area contributed by atoms with Crippen LogP contribution in [-0.4, -0.2) is 42.9 Å². The van der Waals surface area contributed by atoms with Gasteiger partial charge in [0.25, 0.3) is 0 Å². The molecule has 33 heavy (non-hydrogen) atoms. The molecule has 1 aliphatic rings. The van der Waals surface area contributed by atoms with Gasteiger partial charge in [-0.2, -0.15) is 0 Å². The van der Waals surface area contributed by atoms with Crippen LogP contribution in [0.15, 0.2) is 77.3 Å². The number of benzene rings is 2. The van der Waals surface area contributed by atoms with Crippen LogP contribution in [0.2, 0.25) is 0 Å². The molecule has 0 fully saturated rings. The number of hydrogen-bond donors (Lipinski definition) is 0. The molecule has 166 valence electrons. The zero-order chi connectivity index (χ0) is 22.8. The number of furan rings is 1. The molecule has 0 aliphatic heterocycles. The Labute approximate surface area is 193 Å². The lowest BCUT2D eigenvalue weighted by Gasteiger charge is -2.11. The maximum absolute atomic E-state index is 12.1. The van der Waals surface area contributed by atoms with E-state index in [2.05, 4.69) is 22.0 Å². The lowest BCUT2D eigenvalue weighted by Crippen LogP contribution is -2.19. The van der Waals surface area contributed by atoms with Crippen LogP contribution in [0.1, 0.15) is 22.3 Å². The van der Waals surface area contributed by atoms with Gasteiger partial charge in [0.05, 0.1) is 0 Å². The largest absolute Gasteiger partial charge is 0.492 e. The first-order valence-corrected chi connectivity index (χ1v) is 11.2. The van der Waals surface area contributed by atoms with Crippen molar-refractivity contribution in [1.82, 2.24) is 9.88 Å². The third-order valence-electron chi connectivity index (χ3n) is 5.91. The van der Waals surface area contributed by atoms with Crippen LogP contribution in [-0.2, 0) is 6.42 Å². The number of hydrogen-bond acceptors (Lipinski definition) is 5. The molecule has 0 amide bonds. The number of ketones is 1. The van der Waals surface area contributed by atoms with Gasteiger partial charge in [-0.25, -0.2) is 0 Å². The minimum atomic E-state index is 0.224. The van der Waals surface area contributed by atoms with Gasteiger partial charge >= 0.3 is 0 Å². The summed E-state index contributed by atoms with van der Waals surface area (Å²) in [5.74, 6) is 2.55. The molecular weight excluding hydrogens is 412 g/mol. The third kappa shape index (κ3) is 4.45. The van der Waals surface area contributed by atoms with Gasteiger partial charge < -0.3 is 14.1 Å². The van der Waals surface area contributed by atoms with E-state index in [1.807, 2.05) is 68.7 Å². The average Bonchev–Trinajstić information content (AvgIpc) is 3.44. The smallest absolute Gasteiger partial charge is 0.163 e. The fraction of sp³-hybridized carbons (Fsp3) is 0.214. The van der Waals surface area contributed by atoms with Crippen LogP contribution in [0.3, 0.4) is 0 Å². The Morgan fingerprint density at radius 2 is 1.76 bits per heavy atom. The second-order valence-corrected chi connectivity index (χ2v) is 8.54. The highest BCUT2D eigenvalue weighted by molar-refractivity contribution is 6.01. The topological polar surface area (TPSA) is 55.6 Å². The lowest BCUT2D eigenvalue weighted by atomic mass is 9.99. The normalized spacial score (nSPS) is 12.9. The van der Waals surface area contributed by atoms with E-state index in [9.17, 15) is 4.79 Å². The molecule has 0 radical (unpaired) electrons. The number of fused-ring (bicyclic) bond motifs is 1. The van der Waals surface area contributed by atoms with Gasteiger partial charge in [-0.3, -0.25) is 9.78 Å². The van der Waals surface area contributed by atoms with Gasteiger partial charge in [-0.1, -0.05) is 24.3 Å². The first-order chi connectivity index (χ1) is 16.1. The van der Waals surface area contributed by atoms with Crippen molar-refractivity contribution in [1.29, 1.82) is 0 Å². The quantitative estimate of drug-likeness (QED) is 0.368. The molecule has 4 aromatic rings. The molecule has 0 atom stereocenters. The first kappa shape index (κ1) is 21.2. The van der Waals surface area contributed by atoms with Crippen molar-refractivity contribution < 1.29 is 13.9 Å². The number of carbonyl (C=O) groups excluding carboxylic acids is 1. The summed E-state index contributed by atoms with van der Waals surface area (Å²) in [6.07, 6.45) is 3.15. The fourth-order valence-electron chi connectivity index (χ4n) is 4.12. The minimum Gasteiger partial charge on any atom is -0.492 e. The summed E-state index contributed by atoms with van der Waals surface area (Å²) in [6.45, 7) is 1.50. The molecule has 5 rings (SSSR count). The van der Waals surface area contributed by atoms with Crippen LogP contribution in [0.4, 0.5) is 0 Å². The third-order valence-corrected chi connectivity index (χ3v) is 5.91. The van der Waals surface area contributed by atoms with Gasteiger partial charge in [0, 0.05) is 35.9 Å². The van der Waals surface area contributed by atoms with Crippen molar-refractivity contribution in [2.75, 3.05) is 27.2 Å². The second-order valence-electron chi connectivity index (χ2n) is 8.54. The van der Waals surface area contributed by atoms with Crippen molar-refractivity contribution in [2.24, 2.45) is 0 Å². The number of nitrogens with zero attached hydrogens (tertiary/aromatic N) is 2. The molecule has 0 saturated carbocycles. The second kappa shape index (κ2) is 9.04. The van der Waals surface area contributed by atoms with E-state index >= 15 is 0 Å². The highest BCUT2D eigenvalue weighted by atomic mass is 16.5. The summed E-state index contributed by atoms with van der Waals surface area (Å²) in [6, 6.07) is 21.9. The Morgan fingerprint density at radius 1 is 0.939 bits per heavy atom. The van der Waals surface area contributed by atoms with Crippen LogP contribution in [0.5, 0.6) is 5.75 Å². The van der Waals surface area contributed by atoms with Crippen molar-refractivity contribution in [3.8, 4) is 39.7 Å². The van der Waals surface area contributed by atoms with E-state index in [-0.39, 0.29) is 5.78 Å². The van der Waals surface area contributed by atoms with E-state index in [1.165, 1.54) is 0 Å². The number of ether oxygens (including phenoxy) is 1. The Morgan fingerprint density at radius 3 is 2.52 bits per heavy atom. The summed E-state index contributed by atoms with van der Waals surface area (Å²) in [5.41, 5.74) is 5.69. The molecule has 0 bridgehead atoms. The number of likely N-dealkylation sites (N-methyl/N-ethyl adjacent to an activating group) is 1.